The van der Waals surface area contributed by atoms with Crippen LogP contribution < -0.4 is 4.74 Å². The molecule has 0 amide bonds. The van der Waals surface area contributed by atoms with Crippen molar-refractivity contribution in [3.8, 4) is 5.75 Å². The Hall–Kier alpha value is -1.60. The number of aliphatic carboxylic acids is 1. The molecule has 1 aromatic rings. The van der Waals surface area contributed by atoms with E-state index in [0.29, 0.717) is 17.7 Å². The minimum atomic E-state index is -3.87. The van der Waals surface area contributed by atoms with Gasteiger partial charge in [-0.05, 0) is 42.5 Å². The van der Waals surface area contributed by atoms with Gasteiger partial charge in [0.2, 0.25) is 10.0 Å². The number of hydrogen-bond donors (Lipinski definition) is 1. The molecule has 0 heterocycles. The Balaban J connectivity index is 3.46. The first kappa shape index (κ1) is 19.4. The molecule has 0 fully saturated rings. The number of carboxylic acid groups (broad SMARTS) is 1. The molecule has 0 aliphatic rings. The highest BCUT2D eigenvalue weighted by molar-refractivity contribution is 7.89. The Morgan fingerprint density at radius 2 is 1.96 bits per heavy atom. The molecule has 0 saturated carbocycles. The Kier molecular flexibility index (Phi) is 6.58. The van der Waals surface area contributed by atoms with Gasteiger partial charge in [0.1, 0.15) is 12.3 Å². The van der Waals surface area contributed by atoms with Crippen LogP contribution in [0.1, 0.15) is 44.2 Å². The number of carboxylic acids is 1. The van der Waals surface area contributed by atoms with Crippen LogP contribution in [-0.4, -0.2) is 44.0 Å². The van der Waals surface area contributed by atoms with E-state index >= 15 is 0 Å². The Labute approximate surface area is 138 Å². The number of carbonyl (C=O) groups is 1. The monoisotopic (exact) mass is 343 g/mol. The third kappa shape index (κ3) is 4.45. The van der Waals surface area contributed by atoms with Gasteiger partial charge in [-0.3, -0.25) is 4.79 Å². The van der Waals surface area contributed by atoms with E-state index in [4.69, 9.17) is 9.84 Å². The number of aryl methyl sites for hydroxylation is 1. The minimum absolute atomic E-state index is 0.0820. The molecule has 23 heavy (non-hydrogen) atoms. The van der Waals surface area contributed by atoms with Crippen molar-refractivity contribution in [1.82, 2.24) is 4.31 Å². The number of rotatable bonds is 8. The van der Waals surface area contributed by atoms with Gasteiger partial charge in [0.25, 0.3) is 0 Å². The molecule has 1 aromatic carbocycles. The van der Waals surface area contributed by atoms with Crippen LogP contribution in [0.2, 0.25) is 0 Å². The summed E-state index contributed by atoms with van der Waals surface area (Å²) >= 11 is 0. The molecule has 130 valence electrons. The molecular weight excluding hydrogens is 318 g/mol. The maximum Gasteiger partial charge on any atom is 0.318 e. The summed E-state index contributed by atoms with van der Waals surface area (Å²) in [5, 5.41) is 8.99. The quantitative estimate of drug-likeness (QED) is 0.784. The lowest BCUT2D eigenvalue weighted by Crippen LogP contribution is -2.36. The molecule has 0 saturated heterocycles. The van der Waals surface area contributed by atoms with Gasteiger partial charge in [-0.25, -0.2) is 8.42 Å². The molecule has 0 atom stereocenters. The van der Waals surface area contributed by atoms with Crippen molar-refractivity contribution in [2.75, 3.05) is 20.2 Å². The van der Waals surface area contributed by atoms with Crippen LogP contribution in [0.15, 0.2) is 17.0 Å². The van der Waals surface area contributed by atoms with Crippen LogP contribution >= 0.6 is 0 Å². The van der Waals surface area contributed by atoms with Crippen molar-refractivity contribution in [2.45, 2.75) is 44.9 Å². The summed E-state index contributed by atoms with van der Waals surface area (Å²) in [4.78, 5) is 11.1. The Bertz CT molecular complexity index is 667. The molecule has 0 bridgehead atoms. The summed E-state index contributed by atoms with van der Waals surface area (Å²) in [5.41, 5.74) is 1.32. The molecule has 0 unspecified atom stereocenters. The molecule has 6 nitrogen and oxygen atoms in total. The maximum atomic E-state index is 12.9. The first-order valence-corrected chi connectivity index (χ1v) is 8.99. The van der Waals surface area contributed by atoms with Crippen molar-refractivity contribution in [1.29, 1.82) is 0 Å². The maximum absolute atomic E-state index is 12.9. The fourth-order valence-electron chi connectivity index (χ4n) is 2.41. The molecule has 0 aliphatic heterocycles. The van der Waals surface area contributed by atoms with Gasteiger partial charge in [0, 0.05) is 6.54 Å². The predicted molar refractivity (Wildman–Crippen MR) is 88.5 cm³/mol. The number of methoxy groups -OCH3 is 1. The number of benzene rings is 1. The summed E-state index contributed by atoms with van der Waals surface area (Å²) in [5.74, 6) is -0.451. The predicted octanol–water partition coefficient (Wildman–Crippen LogP) is 2.61. The number of sulfonamides is 1. The Morgan fingerprint density at radius 1 is 1.35 bits per heavy atom. The van der Waals surface area contributed by atoms with Crippen LogP contribution in [0.4, 0.5) is 0 Å². The van der Waals surface area contributed by atoms with E-state index in [1.807, 2.05) is 20.8 Å². The molecular formula is C16H25NO5S. The van der Waals surface area contributed by atoms with E-state index in [9.17, 15) is 13.2 Å². The van der Waals surface area contributed by atoms with E-state index in [2.05, 4.69) is 0 Å². The van der Waals surface area contributed by atoms with Gasteiger partial charge in [0.05, 0.1) is 12.0 Å². The number of nitrogens with zero attached hydrogens (tertiary/aromatic N) is 1. The number of hydrogen-bond acceptors (Lipinski definition) is 4. The van der Waals surface area contributed by atoms with Crippen LogP contribution in [0.5, 0.6) is 5.75 Å². The molecule has 7 heteroatoms. The van der Waals surface area contributed by atoms with Gasteiger partial charge in [-0.1, -0.05) is 20.8 Å². The summed E-state index contributed by atoms with van der Waals surface area (Å²) in [6.45, 7) is 7.01. The lowest BCUT2D eigenvalue weighted by molar-refractivity contribution is -0.137. The fraction of sp³-hybridized carbons (Fsp3) is 0.562. The second kappa shape index (κ2) is 7.79. The van der Waals surface area contributed by atoms with Crippen LogP contribution in [0.3, 0.4) is 0 Å². The summed E-state index contributed by atoms with van der Waals surface area (Å²) in [7, 11) is -2.33. The summed E-state index contributed by atoms with van der Waals surface area (Å²) in [6, 6.07) is 3.28. The highest BCUT2D eigenvalue weighted by Gasteiger charge is 2.28. The molecule has 0 spiro atoms. The zero-order chi connectivity index (χ0) is 17.8. The molecule has 1 rings (SSSR count). The highest BCUT2D eigenvalue weighted by atomic mass is 32.2. The van der Waals surface area contributed by atoms with Crippen molar-refractivity contribution >= 4 is 16.0 Å². The third-order valence-corrected chi connectivity index (χ3v) is 5.54. The van der Waals surface area contributed by atoms with E-state index in [-0.39, 0.29) is 17.4 Å². The number of ether oxygens (including phenoxy) is 1. The average molecular weight is 343 g/mol. The van der Waals surface area contributed by atoms with E-state index in [0.717, 1.165) is 9.87 Å². The lowest BCUT2D eigenvalue weighted by atomic mass is 10.0. The zero-order valence-electron chi connectivity index (χ0n) is 14.3. The smallest absolute Gasteiger partial charge is 0.318 e. The SMILES string of the molecule is CCCN(CC(=O)O)S(=O)(=O)c1cc(C(C)C)c(OC)cc1C. The third-order valence-electron chi connectivity index (χ3n) is 3.55. The standard InChI is InChI=1S/C16H25NO5S/c1-6-7-17(10-16(18)19)23(20,21)15-9-13(11(2)3)14(22-5)8-12(15)4/h8-9,11H,6-7,10H2,1-5H3,(H,18,19). The van der Waals surface area contributed by atoms with Crippen molar-refractivity contribution in [2.24, 2.45) is 0 Å². The summed E-state index contributed by atoms with van der Waals surface area (Å²) in [6.07, 6.45) is 0.540. The van der Waals surface area contributed by atoms with E-state index in [1.165, 1.54) is 0 Å². The fourth-order valence-corrected chi connectivity index (χ4v) is 4.13. The first-order chi connectivity index (χ1) is 10.6. The zero-order valence-corrected chi connectivity index (χ0v) is 15.1. The van der Waals surface area contributed by atoms with Gasteiger partial charge in [-0.2, -0.15) is 4.31 Å². The normalized spacial score (nSPS) is 12.0. The van der Waals surface area contributed by atoms with Gasteiger partial charge in [-0.15, -0.1) is 0 Å². The molecule has 0 aromatic heterocycles. The topological polar surface area (TPSA) is 83.9 Å². The van der Waals surface area contributed by atoms with Crippen molar-refractivity contribution in [3.63, 3.8) is 0 Å². The highest BCUT2D eigenvalue weighted by Crippen LogP contribution is 2.32. The first-order valence-electron chi connectivity index (χ1n) is 7.55. The van der Waals surface area contributed by atoms with Crippen LogP contribution in [0.25, 0.3) is 0 Å². The molecule has 0 aliphatic carbocycles. The second-order valence-corrected chi connectivity index (χ2v) is 7.65. The van der Waals surface area contributed by atoms with Crippen LogP contribution in [0, 0.1) is 6.92 Å². The van der Waals surface area contributed by atoms with Crippen LogP contribution in [-0.2, 0) is 14.8 Å². The van der Waals surface area contributed by atoms with Crippen molar-refractivity contribution in [3.05, 3.63) is 23.3 Å². The minimum Gasteiger partial charge on any atom is -0.496 e. The lowest BCUT2D eigenvalue weighted by Gasteiger charge is -2.22. The van der Waals surface area contributed by atoms with Crippen molar-refractivity contribution < 1.29 is 23.1 Å². The van der Waals surface area contributed by atoms with E-state index in [1.54, 1.807) is 26.2 Å². The average Bonchev–Trinajstić information content (AvgIpc) is 2.45. The Morgan fingerprint density at radius 3 is 2.39 bits per heavy atom. The van der Waals surface area contributed by atoms with Gasteiger partial charge < -0.3 is 9.84 Å². The molecule has 0 radical (unpaired) electrons. The second-order valence-electron chi connectivity index (χ2n) is 5.75. The van der Waals surface area contributed by atoms with Gasteiger partial charge >= 0.3 is 5.97 Å². The summed E-state index contributed by atoms with van der Waals surface area (Å²) < 4.78 is 32.1. The largest absolute Gasteiger partial charge is 0.496 e. The van der Waals surface area contributed by atoms with Gasteiger partial charge in [0.15, 0.2) is 0 Å². The molecule has 1 N–H and O–H groups in total. The van der Waals surface area contributed by atoms with E-state index < -0.39 is 22.5 Å².